The van der Waals surface area contributed by atoms with Crippen molar-refractivity contribution in [3.63, 3.8) is 0 Å². The van der Waals surface area contributed by atoms with Gasteiger partial charge in [0.1, 0.15) is 7.85 Å². The Kier molecular flexibility index (Phi) is 4.02. The first-order chi connectivity index (χ1) is 9.13. The summed E-state index contributed by atoms with van der Waals surface area (Å²) in [5.74, 6) is -0.0286. The van der Waals surface area contributed by atoms with Crippen LogP contribution in [-0.4, -0.2) is 20.8 Å². The molecule has 0 aliphatic rings. The van der Waals surface area contributed by atoms with Gasteiger partial charge in [-0.25, -0.2) is 0 Å². The van der Waals surface area contributed by atoms with Crippen molar-refractivity contribution >= 4 is 24.9 Å². The Labute approximate surface area is 114 Å². The lowest BCUT2D eigenvalue weighted by atomic mass is 9.93. The Bertz CT molecular complexity index is 584. The number of carbonyl (C=O) groups excluding carboxylic acids is 1. The van der Waals surface area contributed by atoms with Crippen LogP contribution in [0.2, 0.25) is 0 Å². The van der Waals surface area contributed by atoms with Crippen LogP contribution in [0.4, 0.5) is 5.69 Å². The highest BCUT2D eigenvalue weighted by Crippen LogP contribution is 2.19. The number of amides is 1. The van der Waals surface area contributed by atoms with Crippen LogP contribution in [0.15, 0.2) is 48.5 Å². The van der Waals surface area contributed by atoms with Crippen molar-refractivity contribution in [1.82, 2.24) is 0 Å². The molecule has 1 amide bonds. The van der Waals surface area contributed by atoms with E-state index in [1.165, 1.54) is 0 Å². The van der Waals surface area contributed by atoms with Crippen molar-refractivity contribution in [2.75, 3.05) is 11.9 Å². The summed E-state index contributed by atoms with van der Waals surface area (Å²) >= 11 is 0. The second kappa shape index (κ2) is 5.72. The monoisotopic (exact) mass is 252 g/mol. The lowest BCUT2D eigenvalue weighted by molar-refractivity contribution is 0.0993. The number of hydrogen-bond donors (Lipinski definition) is 1. The molecule has 0 aliphatic heterocycles. The van der Waals surface area contributed by atoms with Gasteiger partial charge in [0, 0.05) is 24.8 Å². The van der Waals surface area contributed by atoms with Crippen molar-refractivity contribution in [1.29, 1.82) is 0 Å². The van der Waals surface area contributed by atoms with Gasteiger partial charge in [0.2, 0.25) is 0 Å². The third-order valence-electron chi connectivity index (χ3n) is 3.14. The van der Waals surface area contributed by atoms with Crippen LogP contribution >= 0.6 is 0 Å². The Morgan fingerprint density at radius 2 is 1.89 bits per heavy atom. The molecule has 2 aromatic rings. The van der Waals surface area contributed by atoms with Gasteiger partial charge in [-0.3, -0.25) is 4.79 Å². The summed E-state index contributed by atoms with van der Waals surface area (Å²) in [5.41, 5.74) is 9.42. The molecule has 0 fully saturated rings. The van der Waals surface area contributed by atoms with Crippen molar-refractivity contribution in [2.24, 2.45) is 5.73 Å². The maximum atomic E-state index is 12.4. The number of carbonyl (C=O) groups is 1. The van der Waals surface area contributed by atoms with Crippen molar-refractivity contribution in [3.8, 4) is 0 Å². The number of hydrogen-bond acceptors (Lipinski definition) is 2. The van der Waals surface area contributed by atoms with E-state index in [0.29, 0.717) is 12.1 Å². The second-order valence-electron chi connectivity index (χ2n) is 4.57. The van der Waals surface area contributed by atoms with Gasteiger partial charge in [0.25, 0.3) is 5.91 Å². The molecular formula is C15H17BN2O. The maximum Gasteiger partial charge on any atom is 0.258 e. The zero-order valence-electron chi connectivity index (χ0n) is 11.3. The molecule has 3 nitrogen and oxygen atoms in total. The van der Waals surface area contributed by atoms with Gasteiger partial charge in [0.15, 0.2) is 0 Å². The van der Waals surface area contributed by atoms with E-state index in [9.17, 15) is 4.79 Å². The minimum Gasteiger partial charge on any atom is -0.326 e. The Hall–Kier alpha value is -2.07. The molecule has 2 rings (SSSR count). The molecule has 96 valence electrons. The summed E-state index contributed by atoms with van der Waals surface area (Å²) in [6.07, 6.45) is 0. The first-order valence-electron chi connectivity index (χ1n) is 6.26. The van der Waals surface area contributed by atoms with E-state index in [1.807, 2.05) is 56.4 Å². The van der Waals surface area contributed by atoms with Crippen molar-refractivity contribution in [2.45, 2.75) is 6.54 Å². The molecule has 0 atom stereocenters. The van der Waals surface area contributed by atoms with Crippen LogP contribution in [0.1, 0.15) is 15.9 Å². The lowest BCUT2D eigenvalue weighted by Crippen LogP contribution is -2.28. The Morgan fingerprint density at radius 1 is 1.21 bits per heavy atom. The average molecular weight is 252 g/mol. The third kappa shape index (κ3) is 2.85. The third-order valence-corrected chi connectivity index (χ3v) is 3.14. The largest absolute Gasteiger partial charge is 0.326 e. The molecule has 19 heavy (non-hydrogen) atoms. The summed E-state index contributed by atoms with van der Waals surface area (Å²) in [7, 11) is 3.79. The van der Waals surface area contributed by atoms with Crippen LogP contribution in [0.5, 0.6) is 0 Å². The van der Waals surface area contributed by atoms with Crippen molar-refractivity contribution < 1.29 is 4.79 Å². The molecule has 0 saturated heterocycles. The van der Waals surface area contributed by atoms with Crippen molar-refractivity contribution in [3.05, 3.63) is 59.7 Å². The molecule has 2 aromatic carbocycles. The smallest absolute Gasteiger partial charge is 0.258 e. The molecule has 0 unspecified atom stereocenters. The lowest BCUT2D eigenvalue weighted by Gasteiger charge is -2.21. The number of benzene rings is 2. The van der Waals surface area contributed by atoms with E-state index in [-0.39, 0.29) is 5.91 Å². The molecule has 0 bridgehead atoms. The molecule has 0 heterocycles. The van der Waals surface area contributed by atoms with Crippen LogP contribution in [0, 0.1) is 0 Å². The van der Waals surface area contributed by atoms with Crippen LogP contribution in [0.3, 0.4) is 0 Å². The molecule has 0 radical (unpaired) electrons. The number of nitrogens with zero attached hydrogens (tertiary/aromatic N) is 1. The highest BCUT2D eigenvalue weighted by Gasteiger charge is 2.15. The molecule has 4 heteroatoms. The highest BCUT2D eigenvalue weighted by atomic mass is 16.2. The first-order valence-corrected chi connectivity index (χ1v) is 6.26. The normalized spacial score (nSPS) is 10.2. The summed E-state index contributed by atoms with van der Waals surface area (Å²) in [6, 6.07) is 15.2. The summed E-state index contributed by atoms with van der Waals surface area (Å²) in [5, 5.41) is 0. The predicted molar refractivity (Wildman–Crippen MR) is 81.7 cm³/mol. The molecule has 0 aliphatic carbocycles. The van der Waals surface area contributed by atoms with Crippen LogP contribution in [0.25, 0.3) is 0 Å². The fourth-order valence-corrected chi connectivity index (χ4v) is 2.09. The van der Waals surface area contributed by atoms with Gasteiger partial charge >= 0.3 is 0 Å². The van der Waals surface area contributed by atoms with Gasteiger partial charge in [-0.15, -0.1) is 0 Å². The van der Waals surface area contributed by atoms with Gasteiger partial charge in [0.05, 0.1) is 0 Å². The van der Waals surface area contributed by atoms with Gasteiger partial charge < -0.3 is 10.6 Å². The van der Waals surface area contributed by atoms with E-state index >= 15 is 0 Å². The zero-order chi connectivity index (χ0) is 13.8. The standard InChI is InChI=1S/C15H17BN2O/c1-18(15(19)11-5-3-2-4-6-11)14-8-7-13(16)9-12(14)10-17/h2-9H,10,16-17H2,1H3. The molecular weight excluding hydrogens is 235 g/mol. The molecule has 0 aromatic heterocycles. The first kappa shape index (κ1) is 13.4. The summed E-state index contributed by atoms with van der Waals surface area (Å²) < 4.78 is 0. The molecule has 0 saturated carbocycles. The minimum absolute atomic E-state index is 0.0286. The maximum absolute atomic E-state index is 12.4. The predicted octanol–water partition coefficient (Wildman–Crippen LogP) is 0.680. The second-order valence-corrected chi connectivity index (χ2v) is 4.57. The van der Waals surface area contributed by atoms with E-state index in [0.717, 1.165) is 16.7 Å². The van der Waals surface area contributed by atoms with E-state index in [1.54, 1.807) is 11.9 Å². The number of nitrogens with two attached hydrogens (primary N) is 1. The molecule has 2 N–H and O–H groups in total. The van der Waals surface area contributed by atoms with Crippen LogP contribution in [-0.2, 0) is 6.54 Å². The van der Waals surface area contributed by atoms with E-state index in [4.69, 9.17) is 5.73 Å². The highest BCUT2D eigenvalue weighted by molar-refractivity contribution is 6.32. The fraction of sp³-hybridized carbons (Fsp3) is 0.133. The SMILES string of the molecule is Bc1ccc(N(C)C(=O)c2ccccc2)c(CN)c1. The Balaban J connectivity index is 2.34. The number of anilines is 1. The topological polar surface area (TPSA) is 46.3 Å². The van der Waals surface area contributed by atoms with Gasteiger partial charge in [-0.2, -0.15) is 0 Å². The summed E-state index contributed by atoms with van der Waals surface area (Å²) in [6.45, 7) is 0.420. The van der Waals surface area contributed by atoms with E-state index in [2.05, 4.69) is 0 Å². The van der Waals surface area contributed by atoms with Gasteiger partial charge in [-0.1, -0.05) is 35.8 Å². The minimum atomic E-state index is -0.0286. The molecule has 0 spiro atoms. The Morgan fingerprint density at radius 3 is 2.53 bits per heavy atom. The van der Waals surface area contributed by atoms with Gasteiger partial charge in [-0.05, 0) is 23.8 Å². The average Bonchev–Trinajstić information content (AvgIpc) is 2.46. The number of rotatable bonds is 3. The van der Waals surface area contributed by atoms with E-state index < -0.39 is 0 Å². The fourth-order valence-electron chi connectivity index (χ4n) is 2.09. The van der Waals surface area contributed by atoms with Crippen LogP contribution < -0.4 is 16.1 Å². The quantitative estimate of drug-likeness (QED) is 0.816. The zero-order valence-corrected chi connectivity index (χ0v) is 11.3. The summed E-state index contributed by atoms with van der Waals surface area (Å²) in [4.78, 5) is 14.0.